The second-order valence-corrected chi connectivity index (χ2v) is 6.14. The molecule has 98 valence electrons. The van der Waals surface area contributed by atoms with E-state index in [4.69, 9.17) is 5.11 Å². The number of carbonyl (C=O) groups is 1. The molecule has 1 atom stereocenters. The van der Waals surface area contributed by atoms with Gasteiger partial charge in [-0.05, 0) is 23.8 Å². The molecule has 0 saturated carbocycles. The van der Waals surface area contributed by atoms with Crippen LogP contribution >= 0.6 is 27.7 Å². The van der Waals surface area contributed by atoms with Crippen molar-refractivity contribution in [1.82, 2.24) is 4.90 Å². The third-order valence-corrected chi connectivity index (χ3v) is 4.70. The van der Waals surface area contributed by atoms with Gasteiger partial charge in [0.05, 0.1) is 0 Å². The Balaban J connectivity index is 2.15. The van der Waals surface area contributed by atoms with Crippen LogP contribution in [0.25, 0.3) is 0 Å². The largest absolute Gasteiger partial charge is 0.480 e. The average molecular weight is 334 g/mol. The minimum absolute atomic E-state index is 0.300. The van der Waals surface area contributed by atoms with Gasteiger partial charge in [0.25, 0.3) is 0 Å². The van der Waals surface area contributed by atoms with Gasteiger partial charge in [-0.15, -0.1) is 0 Å². The third kappa shape index (κ3) is 3.24. The first-order valence-electron chi connectivity index (χ1n) is 5.56. The van der Waals surface area contributed by atoms with Crippen LogP contribution in [0.4, 0.5) is 4.39 Å². The summed E-state index contributed by atoms with van der Waals surface area (Å²) < 4.78 is 14.0. The molecule has 1 heterocycles. The van der Waals surface area contributed by atoms with Gasteiger partial charge in [-0.25, -0.2) is 4.39 Å². The van der Waals surface area contributed by atoms with Crippen molar-refractivity contribution in [2.45, 2.75) is 12.6 Å². The van der Waals surface area contributed by atoms with E-state index in [-0.39, 0.29) is 5.82 Å². The maximum absolute atomic E-state index is 13.2. The molecule has 1 aliphatic heterocycles. The monoisotopic (exact) mass is 333 g/mol. The zero-order valence-corrected chi connectivity index (χ0v) is 12.0. The van der Waals surface area contributed by atoms with Crippen LogP contribution in [0.15, 0.2) is 22.7 Å². The predicted molar refractivity (Wildman–Crippen MR) is 73.3 cm³/mol. The first kappa shape index (κ1) is 13.8. The number of hydrogen-bond acceptors (Lipinski definition) is 3. The molecule has 3 nitrogen and oxygen atoms in total. The fourth-order valence-corrected chi connectivity index (χ4v) is 3.42. The summed E-state index contributed by atoms with van der Waals surface area (Å²) in [4.78, 5) is 13.1. The van der Waals surface area contributed by atoms with Gasteiger partial charge in [0, 0.05) is 29.1 Å². The lowest BCUT2D eigenvalue weighted by molar-refractivity contribution is -0.142. The molecule has 0 aromatic heterocycles. The van der Waals surface area contributed by atoms with Gasteiger partial charge in [-0.1, -0.05) is 15.9 Å². The zero-order chi connectivity index (χ0) is 13.1. The summed E-state index contributed by atoms with van der Waals surface area (Å²) in [5.41, 5.74) is 0.785. The normalized spacial score (nSPS) is 20.9. The lowest BCUT2D eigenvalue weighted by Crippen LogP contribution is -2.46. The minimum atomic E-state index is -0.810. The first-order chi connectivity index (χ1) is 8.58. The lowest BCUT2D eigenvalue weighted by atomic mass is 10.1. The highest BCUT2D eigenvalue weighted by Crippen LogP contribution is 2.24. The third-order valence-electron chi connectivity index (χ3n) is 2.91. The van der Waals surface area contributed by atoms with E-state index in [1.807, 2.05) is 4.90 Å². The molecule has 1 saturated heterocycles. The SMILES string of the molecule is O=C(O)C1CSCCN1Cc1cc(F)ccc1Br. The van der Waals surface area contributed by atoms with Crippen molar-refractivity contribution in [1.29, 1.82) is 0 Å². The van der Waals surface area contributed by atoms with Crippen LogP contribution in [-0.4, -0.2) is 40.1 Å². The average Bonchev–Trinajstić information content (AvgIpc) is 2.34. The molecule has 1 aliphatic rings. The van der Waals surface area contributed by atoms with E-state index in [0.717, 1.165) is 15.8 Å². The maximum Gasteiger partial charge on any atom is 0.321 e. The fraction of sp³-hybridized carbons (Fsp3) is 0.417. The van der Waals surface area contributed by atoms with Crippen LogP contribution in [0, 0.1) is 5.82 Å². The molecule has 18 heavy (non-hydrogen) atoms. The quantitative estimate of drug-likeness (QED) is 0.923. The Kier molecular flexibility index (Phi) is 4.64. The molecule has 1 aromatic carbocycles. The summed E-state index contributed by atoms with van der Waals surface area (Å²) in [5, 5.41) is 9.17. The Bertz CT molecular complexity index is 458. The van der Waals surface area contributed by atoms with Gasteiger partial charge in [0.2, 0.25) is 0 Å². The zero-order valence-electron chi connectivity index (χ0n) is 9.60. The van der Waals surface area contributed by atoms with Crippen LogP contribution < -0.4 is 0 Å². The van der Waals surface area contributed by atoms with Crippen molar-refractivity contribution < 1.29 is 14.3 Å². The van der Waals surface area contributed by atoms with E-state index in [2.05, 4.69) is 15.9 Å². The number of carboxylic acids is 1. The van der Waals surface area contributed by atoms with Gasteiger partial charge in [-0.2, -0.15) is 11.8 Å². The maximum atomic E-state index is 13.2. The van der Waals surface area contributed by atoms with E-state index in [9.17, 15) is 9.18 Å². The molecule has 0 aliphatic carbocycles. The Morgan fingerprint density at radius 3 is 3.11 bits per heavy atom. The van der Waals surface area contributed by atoms with E-state index < -0.39 is 12.0 Å². The summed E-state index contributed by atoms with van der Waals surface area (Å²) in [5.74, 6) is 0.389. The summed E-state index contributed by atoms with van der Waals surface area (Å²) in [7, 11) is 0. The van der Waals surface area contributed by atoms with Crippen molar-refractivity contribution >= 4 is 33.7 Å². The highest BCUT2D eigenvalue weighted by atomic mass is 79.9. The van der Waals surface area contributed by atoms with Crippen molar-refractivity contribution in [2.75, 3.05) is 18.1 Å². The highest BCUT2D eigenvalue weighted by molar-refractivity contribution is 9.10. The summed E-state index contributed by atoms with van der Waals surface area (Å²) in [6.07, 6.45) is 0. The highest BCUT2D eigenvalue weighted by Gasteiger charge is 2.29. The van der Waals surface area contributed by atoms with Crippen LogP contribution in [0.5, 0.6) is 0 Å². The number of benzene rings is 1. The molecule has 1 N–H and O–H groups in total. The molecule has 6 heteroatoms. The van der Waals surface area contributed by atoms with Gasteiger partial charge < -0.3 is 5.11 Å². The lowest BCUT2D eigenvalue weighted by Gasteiger charge is -2.32. The van der Waals surface area contributed by atoms with Gasteiger partial charge >= 0.3 is 5.97 Å². The molecule has 1 aromatic rings. The minimum Gasteiger partial charge on any atom is -0.480 e. The van der Waals surface area contributed by atoms with E-state index in [0.29, 0.717) is 18.8 Å². The number of rotatable bonds is 3. The number of thioether (sulfide) groups is 1. The van der Waals surface area contributed by atoms with Crippen LogP contribution in [0.2, 0.25) is 0 Å². The van der Waals surface area contributed by atoms with Gasteiger partial charge in [-0.3, -0.25) is 9.69 Å². The predicted octanol–water partition coefficient (Wildman–Crippen LogP) is 2.59. The van der Waals surface area contributed by atoms with E-state index >= 15 is 0 Å². The molecule has 2 rings (SSSR count). The Labute approximate surface area is 117 Å². The molecule has 0 radical (unpaired) electrons. The Morgan fingerprint density at radius 1 is 1.61 bits per heavy atom. The number of aliphatic carboxylic acids is 1. The van der Waals surface area contributed by atoms with Crippen LogP contribution in [0.1, 0.15) is 5.56 Å². The van der Waals surface area contributed by atoms with Crippen molar-refractivity contribution in [3.8, 4) is 0 Å². The summed E-state index contributed by atoms with van der Waals surface area (Å²) in [6.45, 7) is 1.17. The van der Waals surface area contributed by atoms with Crippen molar-refractivity contribution in [3.05, 3.63) is 34.1 Å². The van der Waals surface area contributed by atoms with Crippen LogP contribution in [0.3, 0.4) is 0 Å². The van der Waals surface area contributed by atoms with Gasteiger partial charge in [0.15, 0.2) is 0 Å². The molecule has 1 fully saturated rings. The summed E-state index contributed by atoms with van der Waals surface area (Å²) >= 11 is 5.01. The molecular formula is C12H13BrFNO2S. The number of nitrogens with zero attached hydrogens (tertiary/aromatic N) is 1. The van der Waals surface area contributed by atoms with Gasteiger partial charge in [0.1, 0.15) is 11.9 Å². The smallest absolute Gasteiger partial charge is 0.321 e. The van der Waals surface area contributed by atoms with Crippen molar-refractivity contribution in [3.63, 3.8) is 0 Å². The van der Waals surface area contributed by atoms with Crippen molar-refractivity contribution in [2.24, 2.45) is 0 Å². The summed E-state index contributed by atoms with van der Waals surface area (Å²) in [6, 6.07) is 4.00. The molecule has 0 amide bonds. The second-order valence-electron chi connectivity index (χ2n) is 4.14. The number of carboxylic acid groups (broad SMARTS) is 1. The molecule has 0 spiro atoms. The number of hydrogen-bond donors (Lipinski definition) is 1. The molecule has 0 bridgehead atoms. The fourth-order valence-electron chi connectivity index (χ4n) is 1.94. The molecular weight excluding hydrogens is 321 g/mol. The molecule has 1 unspecified atom stereocenters. The van der Waals surface area contributed by atoms with E-state index in [1.54, 1.807) is 17.8 Å². The Morgan fingerprint density at radius 2 is 2.39 bits per heavy atom. The Hall–Kier alpha value is -0.590. The van der Waals surface area contributed by atoms with Crippen LogP contribution in [-0.2, 0) is 11.3 Å². The van der Waals surface area contributed by atoms with E-state index in [1.165, 1.54) is 12.1 Å². The first-order valence-corrected chi connectivity index (χ1v) is 7.51. The topological polar surface area (TPSA) is 40.5 Å². The standard InChI is InChI=1S/C12H13BrFNO2S/c13-10-2-1-9(14)5-8(10)6-15-3-4-18-7-11(15)12(16)17/h1-2,5,11H,3-4,6-7H2,(H,16,17). The second kappa shape index (κ2) is 6.04. The number of halogens is 2.